The molecule has 1 aromatic rings. The zero-order valence-corrected chi connectivity index (χ0v) is 14.2. The van der Waals surface area contributed by atoms with Gasteiger partial charge in [-0.2, -0.15) is 8.42 Å². The molecule has 1 fully saturated rings. The molecule has 0 bridgehead atoms. The summed E-state index contributed by atoms with van der Waals surface area (Å²) in [6, 6.07) is 5.20. The highest BCUT2D eigenvalue weighted by Crippen LogP contribution is 2.31. The Hall–Kier alpha value is -2.29. The largest absolute Gasteiger partial charge is 0.493 e. The fourth-order valence-electron chi connectivity index (χ4n) is 3.19. The summed E-state index contributed by atoms with van der Waals surface area (Å²) in [5.74, 6) is 0.467. The molecule has 3 N–H and O–H groups in total. The smallest absolute Gasteiger partial charge is 0.344 e. The minimum absolute atomic E-state index is 0.0837. The SMILES string of the molecule is CC(=O)N1CCC[C@@H]1CCOc1cccc2c1C(N)=NS(=O)(=O)N2. The zero-order valence-electron chi connectivity index (χ0n) is 13.4. The Kier molecular flexibility index (Phi) is 4.35. The van der Waals surface area contributed by atoms with Crippen LogP contribution in [0.25, 0.3) is 0 Å². The minimum atomic E-state index is -3.80. The van der Waals surface area contributed by atoms with E-state index in [1.54, 1.807) is 25.1 Å². The number of likely N-dealkylation sites (tertiary alicyclic amines) is 1. The molecule has 0 unspecified atom stereocenters. The van der Waals surface area contributed by atoms with Crippen LogP contribution in [-0.2, 0) is 15.0 Å². The van der Waals surface area contributed by atoms with Crippen molar-refractivity contribution in [2.45, 2.75) is 32.2 Å². The van der Waals surface area contributed by atoms with E-state index in [1.165, 1.54) is 0 Å². The van der Waals surface area contributed by atoms with Gasteiger partial charge in [0.2, 0.25) is 5.91 Å². The Morgan fingerprint density at radius 3 is 3.04 bits per heavy atom. The summed E-state index contributed by atoms with van der Waals surface area (Å²) >= 11 is 0. The normalized spacial score (nSPS) is 21.6. The van der Waals surface area contributed by atoms with Crippen LogP contribution >= 0.6 is 0 Å². The number of benzene rings is 1. The summed E-state index contributed by atoms with van der Waals surface area (Å²) < 4.78 is 34.7. The number of nitrogens with one attached hydrogen (secondary N) is 1. The molecule has 130 valence electrons. The summed E-state index contributed by atoms with van der Waals surface area (Å²) in [6.45, 7) is 2.78. The van der Waals surface area contributed by atoms with Gasteiger partial charge in [0.05, 0.1) is 17.9 Å². The van der Waals surface area contributed by atoms with Crippen molar-refractivity contribution in [3.8, 4) is 5.75 Å². The highest BCUT2D eigenvalue weighted by molar-refractivity contribution is 7.91. The van der Waals surface area contributed by atoms with Gasteiger partial charge in [-0.25, -0.2) is 0 Å². The molecule has 0 aromatic heterocycles. The third-order valence-corrected chi connectivity index (χ3v) is 5.14. The van der Waals surface area contributed by atoms with Crippen molar-refractivity contribution in [2.75, 3.05) is 17.9 Å². The van der Waals surface area contributed by atoms with Crippen LogP contribution in [0.2, 0.25) is 0 Å². The summed E-state index contributed by atoms with van der Waals surface area (Å²) in [4.78, 5) is 13.4. The molecule has 24 heavy (non-hydrogen) atoms. The molecule has 9 heteroatoms. The number of anilines is 1. The molecule has 1 saturated heterocycles. The zero-order chi connectivity index (χ0) is 17.3. The maximum atomic E-state index is 11.6. The molecule has 1 aromatic carbocycles. The Labute approximate surface area is 140 Å². The van der Waals surface area contributed by atoms with Gasteiger partial charge >= 0.3 is 10.2 Å². The number of nitrogens with two attached hydrogens (primary N) is 1. The molecule has 1 atom stereocenters. The van der Waals surface area contributed by atoms with Crippen molar-refractivity contribution in [1.29, 1.82) is 0 Å². The lowest BCUT2D eigenvalue weighted by atomic mass is 10.1. The lowest BCUT2D eigenvalue weighted by molar-refractivity contribution is -0.129. The number of amidine groups is 1. The molecule has 3 rings (SSSR count). The molecule has 2 aliphatic heterocycles. The second kappa shape index (κ2) is 6.31. The molecular formula is C15H20N4O4S. The van der Waals surface area contributed by atoms with Gasteiger partial charge in [-0.1, -0.05) is 6.07 Å². The van der Waals surface area contributed by atoms with Gasteiger partial charge in [-0.3, -0.25) is 9.52 Å². The maximum Gasteiger partial charge on any atom is 0.344 e. The summed E-state index contributed by atoms with van der Waals surface area (Å²) in [7, 11) is -3.80. The summed E-state index contributed by atoms with van der Waals surface area (Å²) in [6.07, 6.45) is 2.69. The van der Waals surface area contributed by atoms with Crippen LogP contribution in [0.15, 0.2) is 22.6 Å². The van der Waals surface area contributed by atoms with Gasteiger partial charge in [-0.05, 0) is 25.0 Å². The molecule has 0 spiro atoms. The highest BCUT2D eigenvalue weighted by Gasteiger charge is 2.27. The molecule has 8 nitrogen and oxygen atoms in total. The van der Waals surface area contributed by atoms with Crippen LogP contribution in [-0.4, -0.2) is 44.3 Å². The monoisotopic (exact) mass is 352 g/mol. The Morgan fingerprint density at radius 1 is 1.50 bits per heavy atom. The van der Waals surface area contributed by atoms with E-state index < -0.39 is 10.2 Å². The first-order valence-electron chi connectivity index (χ1n) is 7.79. The van der Waals surface area contributed by atoms with Crippen molar-refractivity contribution >= 4 is 27.6 Å². The standard InChI is InChI=1S/C15H20N4O4S/c1-10(20)19-8-3-4-11(19)7-9-23-13-6-2-5-12-14(13)15(16)18-24(21,22)17-12/h2,5-6,11,17H,3-4,7-9H2,1H3,(H2,16,18)/t11-/m1/s1. The highest BCUT2D eigenvalue weighted by atomic mass is 32.2. The number of rotatable bonds is 4. The molecule has 0 radical (unpaired) electrons. The van der Waals surface area contributed by atoms with E-state index in [4.69, 9.17) is 10.5 Å². The third-order valence-electron chi connectivity index (χ3n) is 4.23. The van der Waals surface area contributed by atoms with Gasteiger partial charge in [-0.15, -0.1) is 4.40 Å². The molecular weight excluding hydrogens is 332 g/mol. The van der Waals surface area contributed by atoms with E-state index in [9.17, 15) is 13.2 Å². The fraction of sp³-hybridized carbons (Fsp3) is 0.467. The average molecular weight is 352 g/mol. The number of fused-ring (bicyclic) bond motifs is 1. The first-order valence-corrected chi connectivity index (χ1v) is 9.23. The van der Waals surface area contributed by atoms with Gasteiger partial charge < -0.3 is 15.4 Å². The van der Waals surface area contributed by atoms with Gasteiger partial charge in [0.1, 0.15) is 5.75 Å². The fourth-order valence-corrected chi connectivity index (χ4v) is 4.04. The topological polar surface area (TPSA) is 114 Å². The van der Waals surface area contributed by atoms with Crippen molar-refractivity contribution in [2.24, 2.45) is 10.1 Å². The number of amides is 1. The summed E-state index contributed by atoms with van der Waals surface area (Å²) in [5.41, 5.74) is 6.58. The lowest BCUT2D eigenvalue weighted by Crippen LogP contribution is -2.34. The molecule has 0 saturated carbocycles. The molecule has 1 amide bonds. The van der Waals surface area contributed by atoms with Crippen LogP contribution < -0.4 is 15.2 Å². The molecule has 0 aliphatic carbocycles. The predicted octanol–water partition coefficient (Wildman–Crippen LogP) is 0.842. The van der Waals surface area contributed by atoms with E-state index in [0.717, 1.165) is 19.4 Å². The van der Waals surface area contributed by atoms with Gasteiger partial charge in [0, 0.05) is 25.9 Å². The lowest BCUT2D eigenvalue weighted by Gasteiger charge is -2.24. The van der Waals surface area contributed by atoms with Crippen LogP contribution in [0, 0.1) is 0 Å². The van der Waals surface area contributed by atoms with Crippen molar-refractivity contribution < 1.29 is 17.9 Å². The second-order valence-corrected chi connectivity index (χ2v) is 7.21. The quantitative estimate of drug-likeness (QED) is 0.833. The Bertz CT molecular complexity index is 791. The number of ether oxygens (including phenoxy) is 1. The van der Waals surface area contributed by atoms with E-state index in [0.29, 0.717) is 30.0 Å². The maximum absolute atomic E-state index is 11.6. The number of carbonyl (C=O) groups is 1. The van der Waals surface area contributed by atoms with Crippen LogP contribution in [0.5, 0.6) is 5.75 Å². The molecule has 2 heterocycles. The summed E-state index contributed by atoms with van der Waals surface area (Å²) in [5, 5.41) is 0. The van der Waals surface area contributed by atoms with Crippen LogP contribution in [0.1, 0.15) is 31.7 Å². The second-order valence-electron chi connectivity index (χ2n) is 5.88. The van der Waals surface area contributed by atoms with Crippen molar-refractivity contribution in [3.63, 3.8) is 0 Å². The molecule has 2 aliphatic rings. The first kappa shape index (κ1) is 16.6. The van der Waals surface area contributed by atoms with Crippen molar-refractivity contribution in [1.82, 2.24) is 4.90 Å². The average Bonchev–Trinajstić information content (AvgIpc) is 2.94. The number of carbonyl (C=O) groups excluding carboxylic acids is 1. The Balaban J connectivity index is 1.70. The van der Waals surface area contributed by atoms with Gasteiger partial charge in [0.25, 0.3) is 0 Å². The predicted molar refractivity (Wildman–Crippen MR) is 90.2 cm³/mol. The van der Waals surface area contributed by atoms with Gasteiger partial charge in [0.15, 0.2) is 5.84 Å². The van der Waals surface area contributed by atoms with E-state index >= 15 is 0 Å². The first-order chi connectivity index (χ1) is 11.4. The number of nitrogens with zero attached hydrogens (tertiary/aromatic N) is 2. The third kappa shape index (κ3) is 3.30. The van der Waals surface area contributed by atoms with E-state index in [1.807, 2.05) is 4.90 Å². The number of hydrogen-bond acceptors (Lipinski definition) is 5. The Morgan fingerprint density at radius 2 is 2.29 bits per heavy atom. The van der Waals surface area contributed by atoms with E-state index in [-0.39, 0.29) is 17.8 Å². The van der Waals surface area contributed by atoms with Crippen molar-refractivity contribution in [3.05, 3.63) is 23.8 Å². The van der Waals surface area contributed by atoms with Crippen LogP contribution in [0.4, 0.5) is 5.69 Å². The number of hydrogen-bond donors (Lipinski definition) is 2. The minimum Gasteiger partial charge on any atom is -0.493 e. The van der Waals surface area contributed by atoms with Crippen LogP contribution in [0.3, 0.4) is 0 Å². The van der Waals surface area contributed by atoms with E-state index in [2.05, 4.69) is 9.12 Å².